The van der Waals surface area contributed by atoms with Crippen LogP contribution in [0.5, 0.6) is 0 Å². The van der Waals surface area contributed by atoms with Crippen molar-refractivity contribution in [1.29, 1.82) is 0 Å². The maximum Gasteiger partial charge on any atom is 0.313 e. The number of hydrogen-bond donors (Lipinski definition) is 1. The van der Waals surface area contributed by atoms with Crippen LogP contribution >= 0.6 is 27.7 Å². The number of nitrogens with zero attached hydrogens (tertiary/aromatic N) is 3. The number of thioether (sulfide) groups is 1. The summed E-state index contributed by atoms with van der Waals surface area (Å²) in [6.45, 7) is 2.98. The quantitative estimate of drug-likeness (QED) is 0.790. The normalized spacial score (nSPS) is 13.0. The van der Waals surface area contributed by atoms with Crippen LogP contribution in [0.3, 0.4) is 0 Å². The molecule has 0 fully saturated rings. The number of benzene rings is 1. The molecule has 1 heterocycles. The van der Waals surface area contributed by atoms with Crippen molar-refractivity contribution in [3.63, 3.8) is 0 Å². The number of fused-ring (bicyclic) bond motifs is 1. The summed E-state index contributed by atoms with van der Waals surface area (Å²) in [5.74, 6) is -0.820. The number of halogens is 1. The van der Waals surface area contributed by atoms with Crippen LogP contribution < -0.4 is 0 Å². The number of hydrogen-bond acceptors (Lipinski definition) is 4. The van der Waals surface area contributed by atoms with E-state index in [0.29, 0.717) is 0 Å². The van der Waals surface area contributed by atoms with Crippen LogP contribution in [0, 0.1) is 0 Å². The fourth-order valence-electron chi connectivity index (χ4n) is 2.31. The first-order chi connectivity index (χ1) is 9.88. The summed E-state index contributed by atoms with van der Waals surface area (Å²) in [6.07, 6.45) is 0. The molecule has 0 bridgehead atoms. The molecule has 21 heavy (non-hydrogen) atoms. The molecule has 1 unspecified atom stereocenters. The summed E-state index contributed by atoms with van der Waals surface area (Å²) in [5, 5.41) is 9.64. The van der Waals surface area contributed by atoms with Crippen molar-refractivity contribution >= 4 is 44.7 Å². The molecule has 0 aliphatic heterocycles. The van der Waals surface area contributed by atoms with Gasteiger partial charge in [0.2, 0.25) is 0 Å². The largest absolute Gasteiger partial charge is 0.481 e. The highest BCUT2D eigenvalue weighted by molar-refractivity contribution is 9.10. The molecule has 0 saturated carbocycles. The van der Waals surface area contributed by atoms with Crippen molar-refractivity contribution in [2.75, 3.05) is 26.4 Å². The highest BCUT2D eigenvalue weighted by Crippen LogP contribution is 2.29. The second-order valence-electron chi connectivity index (χ2n) is 5.19. The van der Waals surface area contributed by atoms with Crippen molar-refractivity contribution in [2.24, 2.45) is 0 Å². The lowest BCUT2D eigenvalue weighted by molar-refractivity contribution is -0.133. The number of likely N-dealkylation sites (N-methyl/N-ethyl adjacent to an activating group) is 1. The lowest BCUT2D eigenvalue weighted by atomic mass is 10.2. The first-order valence-electron chi connectivity index (χ1n) is 6.55. The van der Waals surface area contributed by atoms with Gasteiger partial charge in [0.25, 0.3) is 0 Å². The molecule has 0 aliphatic carbocycles. The monoisotopic (exact) mass is 371 g/mol. The van der Waals surface area contributed by atoms with Gasteiger partial charge in [-0.3, -0.25) is 4.79 Å². The zero-order valence-electron chi connectivity index (χ0n) is 12.2. The molecule has 2 aromatic rings. The van der Waals surface area contributed by atoms with E-state index in [9.17, 15) is 4.79 Å². The number of carboxylic acids is 1. The van der Waals surface area contributed by atoms with Crippen molar-refractivity contribution in [1.82, 2.24) is 14.5 Å². The van der Waals surface area contributed by atoms with Crippen LogP contribution in [-0.2, 0) is 4.79 Å². The zero-order chi connectivity index (χ0) is 15.6. The molecule has 0 spiro atoms. The molecular weight excluding hydrogens is 354 g/mol. The fourth-order valence-corrected chi connectivity index (χ4v) is 3.50. The Kier molecular flexibility index (Phi) is 5.29. The van der Waals surface area contributed by atoms with Crippen LogP contribution in [0.2, 0.25) is 0 Å². The Morgan fingerprint density at radius 3 is 2.86 bits per heavy atom. The van der Waals surface area contributed by atoms with Gasteiger partial charge in [-0.05, 0) is 39.2 Å². The predicted molar refractivity (Wildman–Crippen MR) is 89.1 cm³/mol. The highest BCUT2D eigenvalue weighted by atomic mass is 79.9. The average molecular weight is 372 g/mol. The lowest BCUT2D eigenvalue weighted by Crippen LogP contribution is -2.23. The van der Waals surface area contributed by atoms with E-state index in [1.165, 1.54) is 11.8 Å². The molecule has 1 aromatic carbocycles. The fraction of sp³-hybridized carbons (Fsp3) is 0.429. The van der Waals surface area contributed by atoms with Crippen molar-refractivity contribution < 1.29 is 9.90 Å². The van der Waals surface area contributed by atoms with Gasteiger partial charge in [0.05, 0.1) is 16.8 Å². The summed E-state index contributed by atoms with van der Waals surface area (Å²) >= 11 is 4.71. The molecule has 0 amide bonds. The van der Waals surface area contributed by atoms with Gasteiger partial charge in [-0.2, -0.15) is 0 Å². The van der Waals surface area contributed by atoms with Gasteiger partial charge in [0.15, 0.2) is 5.16 Å². The molecule has 5 nitrogen and oxygen atoms in total. The molecule has 0 aliphatic rings. The number of rotatable bonds is 6. The maximum atomic E-state index is 10.8. The third-order valence-electron chi connectivity index (χ3n) is 3.01. The van der Waals surface area contributed by atoms with Crippen LogP contribution in [0.4, 0.5) is 0 Å². The van der Waals surface area contributed by atoms with Crippen LogP contribution in [0.25, 0.3) is 11.0 Å². The Morgan fingerprint density at radius 1 is 1.52 bits per heavy atom. The van der Waals surface area contributed by atoms with Crippen molar-refractivity contribution in [2.45, 2.75) is 18.1 Å². The van der Waals surface area contributed by atoms with E-state index in [1.807, 2.05) is 32.3 Å². The topological polar surface area (TPSA) is 58.4 Å². The standard InChI is InChI=1S/C14H18BrN3O2S/c1-9(7-17(2)3)18-12-5-4-10(15)6-11(12)16-14(18)21-8-13(19)20/h4-6,9H,7-8H2,1-3H3,(H,19,20). The van der Waals surface area contributed by atoms with Gasteiger partial charge >= 0.3 is 5.97 Å². The van der Waals surface area contributed by atoms with Crippen LogP contribution in [-0.4, -0.2) is 51.9 Å². The third kappa shape index (κ3) is 3.99. The molecule has 1 aromatic heterocycles. The minimum absolute atomic E-state index is 0.0131. The second kappa shape index (κ2) is 6.81. The van der Waals surface area contributed by atoms with Crippen molar-refractivity contribution in [3.8, 4) is 0 Å². The third-order valence-corrected chi connectivity index (χ3v) is 4.44. The Labute approximate surface area is 136 Å². The molecule has 1 N–H and O–H groups in total. The molecule has 0 radical (unpaired) electrons. The van der Waals surface area contributed by atoms with E-state index in [-0.39, 0.29) is 11.8 Å². The second-order valence-corrected chi connectivity index (χ2v) is 7.05. The highest BCUT2D eigenvalue weighted by Gasteiger charge is 2.18. The molecule has 0 saturated heterocycles. The lowest BCUT2D eigenvalue weighted by Gasteiger charge is -2.21. The Bertz CT molecular complexity index is 657. The molecule has 2 rings (SSSR count). The SMILES string of the molecule is CC(CN(C)C)n1c(SCC(=O)O)nc2cc(Br)ccc21. The van der Waals surface area contributed by atoms with E-state index in [0.717, 1.165) is 27.2 Å². The average Bonchev–Trinajstić information content (AvgIpc) is 2.72. The number of carboxylic acid groups (broad SMARTS) is 1. The molecule has 1 atom stereocenters. The Balaban J connectivity index is 2.46. The first kappa shape index (κ1) is 16.3. The van der Waals surface area contributed by atoms with Gasteiger partial charge in [0, 0.05) is 17.1 Å². The predicted octanol–water partition coefficient (Wildman–Crippen LogP) is 3.10. The molecule has 7 heteroatoms. The number of carbonyl (C=O) groups is 1. The summed E-state index contributed by atoms with van der Waals surface area (Å²) in [7, 11) is 4.05. The number of aliphatic carboxylic acids is 1. The van der Waals surface area contributed by atoms with Gasteiger partial charge in [-0.1, -0.05) is 27.7 Å². The Hall–Kier alpha value is -1.05. The van der Waals surface area contributed by atoms with Crippen LogP contribution in [0.15, 0.2) is 27.8 Å². The van der Waals surface area contributed by atoms with Crippen molar-refractivity contribution in [3.05, 3.63) is 22.7 Å². The zero-order valence-corrected chi connectivity index (χ0v) is 14.6. The summed E-state index contributed by atoms with van der Waals surface area (Å²) in [6, 6.07) is 6.17. The summed E-state index contributed by atoms with van der Waals surface area (Å²) < 4.78 is 3.09. The van der Waals surface area contributed by atoms with E-state index < -0.39 is 5.97 Å². The van der Waals surface area contributed by atoms with E-state index >= 15 is 0 Å². The van der Waals surface area contributed by atoms with Gasteiger partial charge < -0.3 is 14.6 Å². The summed E-state index contributed by atoms with van der Waals surface area (Å²) in [5.41, 5.74) is 1.91. The van der Waals surface area contributed by atoms with E-state index in [4.69, 9.17) is 5.11 Å². The molecule has 114 valence electrons. The van der Waals surface area contributed by atoms with Gasteiger partial charge in [-0.15, -0.1) is 0 Å². The summed E-state index contributed by atoms with van der Waals surface area (Å²) in [4.78, 5) is 17.5. The first-order valence-corrected chi connectivity index (χ1v) is 8.33. The van der Waals surface area contributed by atoms with E-state index in [2.05, 4.69) is 37.3 Å². The Morgan fingerprint density at radius 2 is 2.24 bits per heavy atom. The minimum Gasteiger partial charge on any atom is -0.481 e. The van der Waals surface area contributed by atoms with Gasteiger partial charge in [-0.25, -0.2) is 4.98 Å². The van der Waals surface area contributed by atoms with Gasteiger partial charge in [0.1, 0.15) is 0 Å². The van der Waals surface area contributed by atoms with E-state index in [1.54, 1.807) is 0 Å². The molecular formula is C14H18BrN3O2S. The minimum atomic E-state index is -0.833. The maximum absolute atomic E-state index is 10.8. The smallest absolute Gasteiger partial charge is 0.313 e. The van der Waals surface area contributed by atoms with Crippen LogP contribution in [0.1, 0.15) is 13.0 Å². The number of aromatic nitrogens is 2. The number of imidazole rings is 1.